The Morgan fingerprint density at radius 3 is 1.44 bits per heavy atom. The molecule has 2 aromatic rings. The summed E-state index contributed by atoms with van der Waals surface area (Å²) >= 11 is 6.21. The van der Waals surface area contributed by atoms with Gasteiger partial charge in [-0.2, -0.15) is 0 Å². The van der Waals surface area contributed by atoms with E-state index in [2.05, 4.69) is 0 Å². The Hall–Kier alpha value is -1.55. The lowest BCUT2D eigenvalue weighted by molar-refractivity contribution is -0.0155. The van der Waals surface area contributed by atoms with E-state index in [1.165, 1.54) is 83.1 Å². The first kappa shape index (κ1) is 20.6. The van der Waals surface area contributed by atoms with E-state index in [1.54, 1.807) is 12.1 Å². The molecule has 3 nitrogen and oxygen atoms in total. The Morgan fingerprint density at radius 1 is 0.647 bits per heavy atom. The highest BCUT2D eigenvalue weighted by atomic mass is 35.5. The van der Waals surface area contributed by atoms with Crippen molar-refractivity contribution in [3.8, 4) is 11.4 Å². The summed E-state index contributed by atoms with van der Waals surface area (Å²) in [6.07, 6.45) is 15.9. The SMILES string of the molecule is Fc1ccc(-c2nc(C34CC5CC(CC(C5)C3)C4)nc(C34CC5CC(CC(C5)C3)C4)n2)cc1Cl. The van der Waals surface area contributed by atoms with Crippen LogP contribution in [0.4, 0.5) is 4.39 Å². The summed E-state index contributed by atoms with van der Waals surface area (Å²) in [6, 6.07) is 4.96. The molecule has 1 aromatic carbocycles. The third-order valence-corrected chi connectivity index (χ3v) is 11.1. The zero-order valence-electron chi connectivity index (χ0n) is 19.8. The monoisotopic (exact) mass is 477 g/mol. The van der Waals surface area contributed by atoms with Crippen molar-refractivity contribution in [2.24, 2.45) is 35.5 Å². The van der Waals surface area contributed by atoms with E-state index in [-0.39, 0.29) is 21.7 Å². The second-order valence-corrected chi connectivity index (χ2v) is 13.7. The van der Waals surface area contributed by atoms with Crippen molar-refractivity contribution < 1.29 is 4.39 Å². The highest BCUT2D eigenvalue weighted by Gasteiger charge is 2.56. The fourth-order valence-electron chi connectivity index (χ4n) is 10.4. The van der Waals surface area contributed by atoms with Crippen LogP contribution in [0.1, 0.15) is 88.7 Å². The van der Waals surface area contributed by atoms with Crippen molar-refractivity contribution in [2.75, 3.05) is 0 Å². The van der Waals surface area contributed by atoms with Gasteiger partial charge in [-0.3, -0.25) is 0 Å². The number of benzene rings is 1. The summed E-state index contributed by atoms with van der Waals surface area (Å²) < 4.78 is 14.0. The molecule has 34 heavy (non-hydrogen) atoms. The zero-order chi connectivity index (χ0) is 22.7. The normalized spacial score (nSPS) is 43.6. The molecule has 8 fully saturated rings. The summed E-state index contributed by atoms with van der Waals surface area (Å²) in [6.45, 7) is 0. The number of aromatic nitrogens is 3. The predicted octanol–water partition coefficient (Wildman–Crippen LogP) is 7.27. The molecule has 0 saturated heterocycles. The molecule has 0 unspecified atom stereocenters. The number of rotatable bonds is 3. The van der Waals surface area contributed by atoms with Gasteiger partial charge in [-0.05, 0) is 131 Å². The van der Waals surface area contributed by atoms with Gasteiger partial charge >= 0.3 is 0 Å². The number of halogens is 2. The molecule has 5 heteroatoms. The van der Waals surface area contributed by atoms with Crippen LogP contribution >= 0.6 is 11.6 Å². The van der Waals surface area contributed by atoms with E-state index < -0.39 is 0 Å². The van der Waals surface area contributed by atoms with Gasteiger partial charge in [0.05, 0.1) is 5.02 Å². The smallest absolute Gasteiger partial charge is 0.163 e. The predicted molar refractivity (Wildman–Crippen MR) is 130 cm³/mol. The topological polar surface area (TPSA) is 38.7 Å². The molecule has 10 rings (SSSR count). The van der Waals surface area contributed by atoms with Gasteiger partial charge in [0, 0.05) is 16.4 Å². The minimum Gasteiger partial charge on any atom is -0.217 e. The minimum absolute atomic E-state index is 0.118. The third-order valence-electron chi connectivity index (χ3n) is 10.8. The highest BCUT2D eigenvalue weighted by Crippen LogP contribution is 2.62. The average molecular weight is 478 g/mol. The third kappa shape index (κ3) is 3.02. The summed E-state index contributed by atoms with van der Waals surface area (Å²) in [4.78, 5) is 15.8. The van der Waals surface area contributed by atoms with Crippen LogP contribution in [-0.2, 0) is 10.8 Å². The Balaban J connectivity index is 1.29. The molecule has 0 radical (unpaired) electrons. The van der Waals surface area contributed by atoms with E-state index in [1.807, 2.05) is 0 Å². The second-order valence-electron chi connectivity index (χ2n) is 13.3. The molecule has 8 bridgehead atoms. The van der Waals surface area contributed by atoms with Gasteiger partial charge in [0.1, 0.15) is 17.5 Å². The Morgan fingerprint density at radius 2 is 1.06 bits per heavy atom. The van der Waals surface area contributed by atoms with Gasteiger partial charge in [0.2, 0.25) is 0 Å². The van der Waals surface area contributed by atoms with Crippen molar-refractivity contribution in [1.29, 1.82) is 0 Å². The van der Waals surface area contributed by atoms with Gasteiger partial charge in [0.15, 0.2) is 5.82 Å². The molecule has 0 N–H and O–H groups in total. The van der Waals surface area contributed by atoms with Gasteiger partial charge < -0.3 is 0 Å². The first-order chi connectivity index (χ1) is 16.5. The zero-order valence-corrected chi connectivity index (χ0v) is 20.5. The van der Waals surface area contributed by atoms with Crippen LogP contribution in [0.15, 0.2) is 18.2 Å². The van der Waals surface area contributed by atoms with Crippen LogP contribution in [-0.4, -0.2) is 15.0 Å². The lowest BCUT2D eigenvalue weighted by Crippen LogP contribution is -2.51. The minimum atomic E-state index is -0.387. The molecule has 0 aliphatic heterocycles. The molecule has 8 aliphatic carbocycles. The van der Waals surface area contributed by atoms with Gasteiger partial charge in [0.25, 0.3) is 0 Å². The van der Waals surface area contributed by atoms with Crippen molar-refractivity contribution in [3.63, 3.8) is 0 Å². The molecule has 1 heterocycles. The first-order valence-corrected chi connectivity index (χ1v) is 14.1. The van der Waals surface area contributed by atoms with Crippen molar-refractivity contribution >= 4 is 11.6 Å². The number of nitrogens with zero attached hydrogens (tertiary/aromatic N) is 3. The van der Waals surface area contributed by atoms with Crippen molar-refractivity contribution in [2.45, 2.75) is 87.9 Å². The molecule has 178 valence electrons. The quantitative estimate of drug-likeness (QED) is 0.466. The van der Waals surface area contributed by atoms with Crippen molar-refractivity contribution in [1.82, 2.24) is 15.0 Å². The maximum absolute atomic E-state index is 14.0. The summed E-state index contributed by atoms with van der Waals surface area (Å²) in [5, 5.41) is 0.144. The van der Waals surface area contributed by atoms with E-state index in [0.717, 1.165) is 52.7 Å². The second kappa shape index (κ2) is 7.02. The van der Waals surface area contributed by atoms with E-state index in [0.29, 0.717) is 5.82 Å². The standard InChI is InChI=1S/C29H33ClFN3/c30-23-9-22(1-2-24(23)31)25-32-26(28-10-16-3-17(11-28)5-18(4-16)12-28)34-27(33-25)29-13-19-6-20(14-29)8-21(7-19)15-29/h1-2,9,16-21H,3-8,10-15H2. The lowest BCUT2D eigenvalue weighted by atomic mass is 9.49. The lowest BCUT2D eigenvalue weighted by Gasteiger charge is -2.57. The number of hydrogen-bond donors (Lipinski definition) is 0. The van der Waals surface area contributed by atoms with Gasteiger partial charge in [-0.25, -0.2) is 19.3 Å². The summed E-state index contributed by atoms with van der Waals surface area (Å²) in [7, 11) is 0. The summed E-state index contributed by atoms with van der Waals surface area (Å²) in [5.74, 6) is 7.50. The fourth-order valence-corrected chi connectivity index (χ4v) is 10.6. The van der Waals surface area contributed by atoms with Crippen LogP contribution in [0, 0.1) is 41.3 Å². The molecular formula is C29H33ClFN3. The molecule has 0 amide bonds. The first-order valence-electron chi connectivity index (χ1n) is 13.7. The Labute approximate surface area is 206 Å². The van der Waals surface area contributed by atoms with Crippen LogP contribution < -0.4 is 0 Å². The fraction of sp³-hybridized carbons (Fsp3) is 0.690. The van der Waals surface area contributed by atoms with Gasteiger partial charge in [-0.15, -0.1) is 0 Å². The molecule has 8 saturated carbocycles. The van der Waals surface area contributed by atoms with E-state index >= 15 is 0 Å². The van der Waals surface area contributed by atoms with E-state index in [4.69, 9.17) is 26.6 Å². The average Bonchev–Trinajstić information content (AvgIpc) is 2.79. The Bertz CT molecular complexity index is 1040. The Kier molecular flexibility index (Phi) is 4.26. The van der Waals surface area contributed by atoms with Crippen LogP contribution in [0.3, 0.4) is 0 Å². The molecule has 0 atom stereocenters. The molecule has 1 aromatic heterocycles. The van der Waals surface area contributed by atoms with Crippen LogP contribution in [0.5, 0.6) is 0 Å². The maximum Gasteiger partial charge on any atom is 0.163 e. The maximum atomic E-state index is 14.0. The summed E-state index contributed by atoms with van der Waals surface area (Å²) in [5.41, 5.74) is 1.06. The van der Waals surface area contributed by atoms with Crippen molar-refractivity contribution in [3.05, 3.63) is 40.7 Å². The molecular weight excluding hydrogens is 445 g/mol. The van der Waals surface area contributed by atoms with E-state index in [9.17, 15) is 4.39 Å². The largest absolute Gasteiger partial charge is 0.217 e. The molecule has 0 spiro atoms. The van der Waals surface area contributed by atoms with Crippen LogP contribution in [0.25, 0.3) is 11.4 Å². The van der Waals surface area contributed by atoms with Crippen LogP contribution in [0.2, 0.25) is 5.02 Å². The molecule has 8 aliphatic rings. The van der Waals surface area contributed by atoms with Gasteiger partial charge in [-0.1, -0.05) is 11.6 Å². The number of hydrogen-bond acceptors (Lipinski definition) is 3. The highest BCUT2D eigenvalue weighted by molar-refractivity contribution is 6.31.